The molecule has 126 valence electrons. The summed E-state index contributed by atoms with van der Waals surface area (Å²) in [5.41, 5.74) is -0.511. The van der Waals surface area contributed by atoms with Crippen LogP contribution in [0.15, 0.2) is 21.6 Å². The number of carbonyl (C=O) groups excluding carboxylic acids is 1. The van der Waals surface area contributed by atoms with Crippen molar-refractivity contribution in [1.29, 1.82) is 0 Å². The Bertz CT molecular complexity index is 589. The summed E-state index contributed by atoms with van der Waals surface area (Å²) in [5.74, 6) is 0.476. The van der Waals surface area contributed by atoms with Crippen LogP contribution in [0.3, 0.4) is 0 Å². The van der Waals surface area contributed by atoms with Crippen molar-refractivity contribution in [3.05, 3.63) is 17.9 Å². The lowest BCUT2D eigenvalue weighted by Gasteiger charge is -2.19. The van der Waals surface area contributed by atoms with Gasteiger partial charge in [-0.1, -0.05) is 0 Å². The number of rotatable bonds is 7. The molecular formula is C13H23N3O5S. The standard InChI is InChI=1S/C13H23N3O5S/c1-13(2,3)21-12(17)16-8-4-7-15-9-10-5-6-11(20-10)22(14,18)19/h5-6,15H,4,7-9H2,1-3H3,(H,16,17)(H2,14,18,19). The van der Waals surface area contributed by atoms with Crippen LogP contribution in [0.2, 0.25) is 0 Å². The number of alkyl carbamates (subject to hydrolysis) is 1. The highest BCUT2D eigenvalue weighted by Crippen LogP contribution is 2.11. The van der Waals surface area contributed by atoms with Gasteiger partial charge in [0.2, 0.25) is 5.09 Å². The molecule has 4 N–H and O–H groups in total. The zero-order valence-electron chi connectivity index (χ0n) is 13.0. The largest absolute Gasteiger partial charge is 0.447 e. The number of sulfonamides is 1. The summed E-state index contributed by atoms with van der Waals surface area (Å²) in [6.45, 7) is 6.87. The van der Waals surface area contributed by atoms with E-state index in [1.165, 1.54) is 6.07 Å². The van der Waals surface area contributed by atoms with Gasteiger partial charge in [-0.15, -0.1) is 0 Å². The molecule has 0 fully saturated rings. The van der Waals surface area contributed by atoms with E-state index in [1.807, 2.05) is 0 Å². The van der Waals surface area contributed by atoms with E-state index in [2.05, 4.69) is 10.6 Å². The Kier molecular flexibility index (Phi) is 6.39. The second kappa shape index (κ2) is 7.61. The highest BCUT2D eigenvalue weighted by atomic mass is 32.2. The van der Waals surface area contributed by atoms with Crippen molar-refractivity contribution in [2.45, 2.75) is 44.4 Å². The fraction of sp³-hybridized carbons (Fsp3) is 0.615. The van der Waals surface area contributed by atoms with Crippen molar-refractivity contribution in [3.8, 4) is 0 Å². The van der Waals surface area contributed by atoms with Gasteiger partial charge in [0.25, 0.3) is 10.0 Å². The smallest absolute Gasteiger partial charge is 0.407 e. The zero-order valence-corrected chi connectivity index (χ0v) is 13.8. The maximum Gasteiger partial charge on any atom is 0.407 e. The Hall–Kier alpha value is -1.58. The van der Waals surface area contributed by atoms with Crippen LogP contribution in [0, 0.1) is 0 Å². The Morgan fingerprint density at radius 3 is 2.55 bits per heavy atom. The Balaban J connectivity index is 2.16. The van der Waals surface area contributed by atoms with E-state index in [-0.39, 0.29) is 5.09 Å². The van der Waals surface area contributed by atoms with Crippen LogP contribution < -0.4 is 15.8 Å². The molecule has 1 aromatic heterocycles. The molecule has 0 saturated heterocycles. The predicted octanol–water partition coefficient (Wildman–Crippen LogP) is 0.931. The minimum atomic E-state index is -3.80. The molecule has 0 aromatic carbocycles. The number of hydrogen-bond acceptors (Lipinski definition) is 6. The first-order valence-electron chi connectivity index (χ1n) is 6.87. The van der Waals surface area contributed by atoms with Gasteiger partial charge < -0.3 is 19.8 Å². The number of nitrogens with one attached hydrogen (secondary N) is 2. The van der Waals surface area contributed by atoms with Crippen LogP contribution in [0.5, 0.6) is 0 Å². The number of carbonyl (C=O) groups is 1. The molecule has 0 spiro atoms. The molecule has 1 heterocycles. The first kappa shape index (κ1) is 18.5. The average Bonchev–Trinajstić information content (AvgIpc) is 2.79. The highest BCUT2D eigenvalue weighted by Gasteiger charge is 2.15. The molecule has 0 atom stereocenters. The van der Waals surface area contributed by atoms with Crippen LogP contribution in [-0.4, -0.2) is 33.2 Å². The van der Waals surface area contributed by atoms with Crippen LogP contribution in [-0.2, 0) is 21.3 Å². The molecule has 1 rings (SSSR count). The third-order valence-electron chi connectivity index (χ3n) is 2.42. The molecule has 22 heavy (non-hydrogen) atoms. The number of amides is 1. The minimum Gasteiger partial charge on any atom is -0.447 e. The molecule has 0 bridgehead atoms. The molecule has 0 unspecified atom stereocenters. The second-order valence-corrected chi connectivity index (χ2v) is 7.22. The lowest BCUT2D eigenvalue weighted by atomic mass is 10.2. The first-order valence-corrected chi connectivity index (χ1v) is 8.41. The van der Waals surface area contributed by atoms with Crippen molar-refractivity contribution < 1.29 is 22.4 Å². The van der Waals surface area contributed by atoms with E-state index in [0.717, 1.165) is 0 Å². The van der Waals surface area contributed by atoms with E-state index < -0.39 is 21.7 Å². The number of nitrogens with two attached hydrogens (primary N) is 1. The lowest BCUT2D eigenvalue weighted by molar-refractivity contribution is 0.0527. The van der Waals surface area contributed by atoms with Crippen molar-refractivity contribution in [2.24, 2.45) is 5.14 Å². The van der Waals surface area contributed by atoms with Gasteiger partial charge in [0, 0.05) is 6.54 Å². The van der Waals surface area contributed by atoms with Crippen LogP contribution in [0.4, 0.5) is 4.79 Å². The maximum absolute atomic E-state index is 11.4. The molecule has 9 heteroatoms. The third kappa shape index (κ3) is 7.43. The fourth-order valence-electron chi connectivity index (χ4n) is 1.54. The van der Waals surface area contributed by atoms with Crippen LogP contribution in [0.1, 0.15) is 33.0 Å². The summed E-state index contributed by atoms with van der Waals surface area (Å²) in [7, 11) is -3.80. The van der Waals surface area contributed by atoms with E-state index >= 15 is 0 Å². The monoisotopic (exact) mass is 333 g/mol. The summed E-state index contributed by atoms with van der Waals surface area (Å²) in [6.07, 6.45) is 0.249. The molecule has 1 amide bonds. The lowest BCUT2D eigenvalue weighted by Crippen LogP contribution is -2.33. The zero-order chi connectivity index (χ0) is 16.8. The van der Waals surface area contributed by atoms with Gasteiger partial charge in [0.05, 0.1) is 6.54 Å². The van der Waals surface area contributed by atoms with Crippen molar-refractivity contribution >= 4 is 16.1 Å². The number of furan rings is 1. The normalized spacial score (nSPS) is 12.2. The molecule has 0 aliphatic rings. The number of hydrogen-bond donors (Lipinski definition) is 3. The van der Waals surface area contributed by atoms with E-state index in [4.69, 9.17) is 14.3 Å². The molecule has 0 aliphatic heterocycles. The third-order valence-corrected chi connectivity index (χ3v) is 3.20. The minimum absolute atomic E-state index is 0.254. The van der Waals surface area contributed by atoms with E-state index in [0.29, 0.717) is 31.8 Å². The van der Waals surface area contributed by atoms with E-state index in [1.54, 1.807) is 26.8 Å². The van der Waals surface area contributed by atoms with Crippen molar-refractivity contribution in [1.82, 2.24) is 10.6 Å². The van der Waals surface area contributed by atoms with Crippen LogP contribution in [0.25, 0.3) is 0 Å². The highest BCUT2D eigenvalue weighted by molar-refractivity contribution is 7.89. The molecule has 0 saturated carbocycles. The quantitative estimate of drug-likeness (QED) is 0.638. The Morgan fingerprint density at radius 2 is 2.00 bits per heavy atom. The van der Waals surface area contributed by atoms with Crippen molar-refractivity contribution in [2.75, 3.05) is 13.1 Å². The second-order valence-electron chi connectivity index (χ2n) is 5.72. The van der Waals surface area contributed by atoms with E-state index in [9.17, 15) is 13.2 Å². The molecule has 8 nitrogen and oxygen atoms in total. The first-order chi connectivity index (χ1) is 10.1. The summed E-state index contributed by atoms with van der Waals surface area (Å²) >= 11 is 0. The fourth-order valence-corrected chi connectivity index (χ4v) is 2.02. The molecule has 0 aliphatic carbocycles. The van der Waals surface area contributed by atoms with Gasteiger partial charge >= 0.3 is 6.09 Å². The summed E-state index contributed by atoms with van der Waals surface area (Å²) < 4.78 is 32.2. The van der Waals surface area contributed by atoms with Crippen LogP contribution >= 0.6 is 0 Å². The van der Waals surface area contributed by atoms with Crippen molar-refractivity contribution in [3.63, 3.8) is 0 Å². The molecule has 1 aromatic rings. The number of ether oxygens (including phenoxy) is 1. The van der Waals surface area contributed by atoms with Gasteiger partial charge in [-0.05, 0) is 45.9 Å². The van der Waals surface area contributed by atoms with Gasteiger partial charge in [-0.3, -0.25) is 0 Å². The average molecular weight is 333 g/mol. The Labute approximate surface area is 130 Å². The maximum atomic E-state index is 11.4. The summed E-state index contributed by atoms with van der Waals surface area (Å²) in [5, 5.41) is 10.4. The Morgan fingerprint density at radius 1 is 1.32 bits per heavy atom. The van der Waals surface area contributed by atoms with Gasteiger partial charge in [0.15, 0.2) is 0 Å². The molecule has 0 radical (unpaired) electrons. The molecular weight excluding hydrogens is 310 g/mol. The predicted molar refractivity (Wildman–Crippen MR) is 80.6 cm³/mol. The number of primary sulfonamides is 1. The summed E-state index contributed by atoms with van der Waals surface area (Å²) in [6, 6.07) is 2.86. The summed E-state index contributed by atoms with van der Waals surface area (Å²) in [4.78, 5) is 11.4. The van der Waals surface area contributed by atoms with Gasteiger partial charge in [0.1, 0.15) is 11.4 Å². The van der Waals surface area contributed by atoms with Gasteiger partial charge in [-0.25, -0.2) is 18.4 Å². The van der Waals surface area contributed by atoms with Gasteiger partial charge in [-0.2, -0.15) is 0 Å². The SMILES string of the molecule is CC(C)(C)OC(=O)NCCCNCc1ccc(S(N)(=O)=O)o1. The topological polar surface area (TPSA) is 124 Å².